The van der Waals surface area contributed by atoms with Crippen LogP contribution in [0.4, 0.5) is 0 Å². The molecule has 1 heterocycles. The molecule has 0 N–H and O–H groups in total. The molecule has 0 atom stereocenters. The standard InChI is InChI=1S/C21H32N2O3/c1-16(2)14-23(17(3)4)21(25)18-10-12-22(13-11-18)20(24)15-26-19-8-6-5-7-9-19/h5-9,16-18H,10-15H2,1-4H3. The minimum atomic E-state index is -0.0114. The van der Waals surface area contributed by atoms with Gasteiger partial charge < -0.3 is 14.5 Å². The van der Waals surface area contributed by atoms with Crippen LogP contribution < -0.4 is 4.74 Å². The first kappa shape index (κ1) is 20.3. The molecule has 1 aliphatic rings. The van der Waals surface area contributed by atoms with Crippen LogP contribution in [0.25, 0.3) is 0 Å². The zero-order valence-corrected chi connectivity index (χ0v) is 16.5. The molecule has 144 valence electrons. The third-order valence-corrected chi connectivity index (χ3v) is 4.77. The summed E-state index contributed by atoms with van der Waals surface area (Å²) in [4.78, 5) is 29.0. The van der Waals surface area contributed by atoms with Gasteiger partial charge in [-0.15, -0.1) is 0 Å². The monoisotopic (exact) mass is 360 g/mol. The summed E-state index contributed by atoms with van der Waals surface area (Å²) >= 11 is 0. The number of carbonyl (C=O) groups is 2. The normalized spacial score (nSPS) is 15.4. The Bertz CT molecular complexity index is 578. The van der Waals surface area contributed by atoms with Crippen molar-refractivity contribution in [3.05, 3.63) is 30.3 Å². The number of ether oxygens (including phenoxy) is 1. The molecular formula is C21H32N2O3. The van der Waals surface area contributed by atoms with Crippen LogP contribution in [0.5, 0.6) is 5.75 Å². The Morgan fingerprint density at radius 3 is 2.27 bits per heavy atom. The Kier molecular flexibility index (Phi) is 7.49. The van der Waals surface area contributed by atoms with Crippen LogP contribution in [0.2, 0.25) is 0 Å². The van der Waals surface area contributed by atoms with Gasteiger partial charge >= 0.3 is 0 Å². The zero-order valence-electron chi connectivity index (χ0n) is 16.5. The molecule has 0 saturated carbocycles. The number of carbonyl (C=O) groups excluding carboxylic acids is 2. The van der Waals surface area contributed by atoms with Gasteiger partial charge in [-0.3, -0.25) is 9.59 Å². The van der Waals surface area contributed by atoms with E-state index in [-0.39, 0.29) is 30.4 Å². The second kappa shape index (κ2) is 9.60. The van der Waals surface area contributed by atoms with Gasteiger partial charge in [0.2, 0.25) is 5.91 Å². The molecule has 0 aliphatic carbocycles. The van der Waals surface area contributed by atoms with Crippen molar-refractivity contribution in [2.24, 2.45) is 11.8 Å². The van der Waals surface area contributed by atoms with E-state index in [1.165, 1.54) is 0 Å². The van der Waals surface area contributed by atoms with Crippen LogP contribution in [0, 0.1) is 11.8 Å². The van der Waals surface area contributed by atoms with E-state index in [1.807, 2.05) is 40.1 Å². The van der Waals surface area contributed by atoms with E-state index in [4.69, 9.17) is 4.74 Å². The van der Waals surface area contributed by atoms with Crippen molar-refractivity contribution >= 4 is 11.8 Å². The summed E-state index contributed by atoms with van der Waals surface area (Å²) in [7, 11) is 0. The summed E-state index contributed by atoms with van der Waals surface area (Å²) < 4.78 is 5.54. The molecule has 5 nitrogen and oxygen atoms in total. The maximum absolute atomic E-state index is 12.9. The second-order valence-corrected chi connectivity index (χ2v) is 7.73. The molecule has 1 aromatic rings. The molecule has 1 saturated heterocycles. The van der Waals surface area contributed by atoms with Gasteiger partial charge in [0.1, 0.15) is 5.75 Å². The van der Waals surface area contributed by atoms with Crippen molar-refractivity contribution in [1.29, 1.82) is 0 Å². The van der Waals surface area contributed by atoms with Crippen LogP contribution in [0.1, 0.15) is 40.5 Å². The molecule has 1 fully saturated rings. The molecule has 26 heavy (non-hydrogen) atoms. The smallest absolute Gasteiger partial charge is 0.260 e. The fourth-order valence-electron chi connectivity index (χ4n) is 3.31. The number of likely N-dealkylation sites (tertiary alicyclic amines) is 1. The number of nitrogens with zero attached hydrogens (tertiary/aromatic N) is 2. The molecule has 0 aromatic heterocycles. The topological polar surface area (TPSA) is 49.9 Å². The highest BCUT2D eigenvalue weighted by Gasteiger charge is 2.31. The Morgan fingerprint density at radius 2 is 1.73 bits per heavy atom. The first-order chi connectivity index (χ1) is 12.4. The van der Waals surface area contributed by atoms with Gasteiger partial charge in [0.25, 0.3) is 5.91 Å². The lowest BCUT2D eigenvalue weighted by Gasteiger charge is -2.36. The summed E-state index contributed by atoms with van der Waals surface area (Å²) in [6.07, 6.45) is 1.47. The first-order valence-corrected chi connectivity index (χ1v) is 9.64. The van der Waals surface area contributed by atoms with Crippen molar-refractivity contribution < 1.29 is 14.3 Å². The van der Waals surface area contributed by atoms with E-state index >= 15 is 0 Å². The largest absolute Gasteiger partial charge is 0.484 e. The van der Waals surface area contributed by atoms with Crippen molar-refractivity contribution in [3.63, 3.8) is 0 Å². The van der Waals surface area contributed by atoms with Gasteiger partial charge in [-0.2, -0.15) is 0 Å². The average Bonchev–Trinajstić information content (AvgIpc) is 2.64. The maximum atomic E-state index is 12.9. The SMILES string of the molecule is CC(C)CN(C(=O)C1CCN(C(=O)COc2ccccc2)CC1)C(C)C. The maximum Gasteiger partial charge on any atom is 0.260 e. The van der Waals surface area contributed by atoms with Crippen molar-refractivity contribution in [3.8, 4) is 5.75 Å². The number of hydrogen-bond acceptors (Lipinski definition) is 3. The van der Waals surface area contributed by atoms with Gasteiger partial charge in [0.15, 0.2) is 6.61 Å². The van der Waals surface area contributed by atoms with Crippen LogP contribution >= 0.6 is 0 Å². The minimum Gasteiger partial charge on any atom is -0.484 e. The van der Waals surface area contributed by atoms with Gasteiger partial charge in [-0.1, -0.05) is 32.0 Å². The number of para-hydroxylation sites is 1. The summed E-state index contributed by atoms with van der Waals surface area (Å²) in [5.74, 6) is 1.41. The van der Waals surface area contributed by atoms with Crippen molar-refractivity contribution in [2.75, 3.05) is 26.2 Å². The van der Waals surface area contributed by atoms with E-state index in [9.17, 15) is 9.59 Å². The van der Waals surface area contributed by atoms with Gasteiger partial charge in [-0.25, -0.2) is 0 Å². The zero-order chi connectivity index (χ0) is 19.1. The molecule has 2 rings (SSSR count). The number of benzene rings is 1. The summed E-state index contributed by atoms with van der Waals surface area (Å²) in [5, 5.41) is 0. The second-order valence-electron chi connectivity index (χ2n) is 7.73. The predicted molar refractivity (Wildman–Crippen MR) is 103 cm³/mol. The number of hydrogen-bond donors (Lipinski definition) is 0. The lowest BCUT2D eigenvalue weighted by molar-refractivity contribution is -0.143. The van der Waals surface area contributed by atoms with Gasteiger partial charge in [0, 0.05) is 31.6 Å². The first-order valence-electron chi connectivity index (χ1n) is 9.64. The number of amides is 2. The minimum absolute atomic E-state index is 0.0114. The Balaban J connectivity index is 1.82. The quantitative estimate of drug-likeness (QED) is 0.750. The fraction of sp³-hybridized carbons (Fsp3) is 0.619. The summed E-state index contributed by atoms with van der Waals surface area (Å²) in [6, 6.07) is 9.57. The van der Waals surface area contributed by atoms with E-state index in [0.29, 0.717) is 24.8 Å². The average molecular weight is 360 g/mol. The molecule has 5 heteroatoms. The highest BCUT2D eigenvalue weighted by molar-refractivity contribution is 5.81. The Hall–Kier alpha value is -2.04. The molecule has 0 spiro atoms. The highest BCUT2D eigenvalue weighted by atomic mass is 16.5. The van der Waals surface area contributed by atoms with Crippen LogP contribution in [-0.2, 0) is 9.59 Å². The number of piperidine rings is 1. The highest BCUT2D eigenvalue weighted by Crippen LogP contribution is 2.22. The molecule has 0 radical (unpaired) electrons. The van der Waals surface area contributed by atoms with E-state index in [2.05, 4.69) is 27.7 Å². The molecule has 0 unspecified atom stereocenters. The lowest BCUT2D eigenvalue weighted by Crippen LogP contribution is -2.48. The molecule has 0 bridgehead atoms. The van der Waals surface area contributed by atoms with E-state index < -0.39 is 0 Å². The summed E-state index contributed by atoms with van der Waals surface area (Å²) in [6.45, 7) is 10.5. The van der Waals surface area contributed by atoms with Crippen molar-refractivity contribution in [1.82, 2.24) is 9.80 Å². The molecule has 1 aromatic carbocycles. The fourth-order valence-corrected chi connectivity index (χ4v) is 3.31. The molecule has 1 aliphatic heterocycles. The van der Waals surface area contributed by atoms with Crippen LogP contribution in [-0.4, -0.2) is 53.9 Å². The van der Waals surface area contributed by atoms with Gasteiger partial charge in [-0.05, 0) is 44.7 Å². The Morgan fingerprint density at radius 1 is 1.12 bits per heavy atom. The predicted octanol–water partition coefficient (Wildman–Crippen LogP) is 3.20. The van der Waals surface area contributed by atoms with E-state index in [0.717, 1.165) is 19.4 Å². The molecular weight excluding hydrogens is 328 g/mol. The third kappa shape index (κ3) is 5.75. The van der Waals surface area contributed by atoms with E-state index in [1.54, 1.807) is 0 Å². The van der Waals surface area contributed by atoms with Crippen LogP contribution in [0.15, 0.2) is 30.3 Å². The number of rotatable bonds is 7. The molecule has 2 amide bonds. The van der Waals surface area contributed by atoms with Gasteiger partial charge in [0.05, 0.1) is 0 Å². The van der Waals surface area contributed by atoms with Crippen molar-refractivity contribution in [2.45, 2.75) is 46.6 Å². The summed E-state index contributed by atoms with van der Waals surface area (Å²) in [5.41, 5.74) is 0. The van der Waals surface area contributed by atoms with Crippen LogP contribution in [0.3, 0.4) is 0 Å². The third-order valence-electron chi connectivity index (χ3n) is 4.77. The lowest BCUT2D eigenvalue weighted by atomic mass is 9.94. The Labute approximate surface area is 157 Å².